The van der Waals surface area contributed by atoms with Gasteiger partial charge in [0.15, 0.2) is 5.58 Å². The zero-order valence-electron chi connectivity index (χ0n) is 9.39. The number of para-hydroxylation sites is 2. The van der Waals surface area contributed by atoms with Crippen LogP contribution in [0.1, 0.15) is 18.9 Å². The fourth-order valence-electron chi connectivity index (χ4n) is 2.39. The second-order valence-corrected chi connectivity index (χ2v) is 4.19. The number of aromatic nitrogens is 1. The van der Waals surface area contributed by atoms with E-state index in [0.717, 1.165) is 31.4 Å². The molecule has 1 aromatic carbocycles. The van der Waals surface area contributed by atoms with Gasteiger partial charge in [-0.15, -0.1) is 12.4 Å². The lowest BCUT2D eigenvalue weighted by Gasteiger charge is -2.23. The summed E-state index contributed by atoms with van der Waals surface area (Å²) in [6.07, 6.45) is 1.98. The largest absolute Gasteiger partial charge is 0.420 e. The van der Waals surface area contributed by atoms with Crippen molar-refractivity contribution in [2.75, 3.05) is 13.1 Å². The molecule has 1 saturated heterocycles. The van der Waals surface area contributed by atoms with E-state index in [2.05, 4.69) is 5.32 Å². The molecule has 1 fully saturated rings. The highest BCUT2D eigenvalue weighted by Gasteiger charge is 2.20. The normalized spacial score (nSPS) is 16.9. The van der Waals surface area contributed by atoms with E-state index in [0.29, 0.717) is 5.58 Å². The molecule has 1 N–H and O–H groups in total. The number of rotatable bonds is 1. The van der Waals surface area contributed by atoms with Gasteiger partial charge in [-0.1, -0.05) is 12.1 Å². The number of nitrogens with one attached hydrogen (secondary N) is 1. The molecule has 0 bridgehead atoms. The van der Waals surface area contributed by atoms with Gasteiger partial charge in [0.25, 0.3) is 0 Å². The SMILES string of the molecule is Cl.O=c1oc2ccccc2n1C1CCNCC1. The number of nitrogens with zero attached hydrogens (tertiary/aromatic N) is 1. The minimum atomic E-state index is -0.229. The van der Waals surface area contributed by atoms with Gasteiger partial charge in [-0.05, 0) is 38.1 Å². The van der Waals surface area contributed by atoms with Crippen molar-refractivity contribution < 1.29 is 4.42 Å². The molecular formula is C12H15ClN2O2. The lowest BCUT2D eigenvalue weighted by atomic mass is 10.1. The summed E-state index contributed by atoms with van der Waals surface area (Å²) in [5.41, 5.74) is 1.60. The molecule has 2 aromatic rings. The van der Waals surface area contributed by atoms with E-state index in [1.54, 1.807) is 4.57 Å². The number of benzene rings is 1. The smallest absolute Gasteiger partial charge is 0.408 e. The molecule has 0 amide bonds. The summed E-state index contributed by atoms with van der Waals surface area (Å²) in [7, 11) is 0. The van der Waals surface area contributed by atoms with Crippen LogP contribution in [0.4, 0.5) is 0 Å². The molecule has 0 spiro atoms. The van der Waals surface area contributed by atoms with Crippen LogP contribution in [0.15, 0.2) is 33.5 Å². The maximum Gasteiger partial charge on any atom is 0.420 e. The standard InChI is InChI=1S/C12H14N2O2.ClH/c15-12-14(9-5-7-13-8-6-9)10-3-1-2-4-11(10)16-12;/h1-4,9,13H,5-8H2;1H. The minimum absolute atomic E-state index is 0. The summed E-state index contributed by atoms with van der Waals surface area (Å²) in [5.74, 6) is -0.229. The van der Waals surface area contributed by atoms with Gasteiger partial charge in [0.05, 0.1) is 5.52 Å². The molecule has 1 aromatic heterocycles. The van der Waals surface area contributed by atoms with E-state index in [1.165, 1.54) is 0 Å². The summed E-state index contributed by atoms with van der Waals surface area (Å²) < 4.78 is 7.04. The van der Waals surface area contributed by atoms with Crippen LogP contribution in [-0.4, -0.2) is 17.7 Å². The molecule has 1 aliphatic rings. The van der Waals surface area contributed by atoms with Gasteiger partial charge in [0.2, 0.25) is 0 Å². The molecule has 17 heavy (non-hydrogen) atoms. The van der Waals surface area contributed by atoms with Crippen molar-refractivity contribution in [2.45, 2.75) is 18.9 Å². The monoisotopic (exact) mass is 254 g/mol. The van der Waals surface area contributed by atoms with Crippen molar-refractivity contribution in [3.05, 3.63) is 34.8 Å². The third-order valence-corrected chi connectivity index (χ3v) is 3.19. The topological polar surface area (TPSA) is 47.2 Å². The molecule has 0 aliphatic carbocycles. The maximum absolute atomic E-state index is 11.8. The molecule has 0 unspecified atom stereocenters. The molecule has 0 atom stereocenters. The number of hydrogen-bond acceptors (Lipinski definition) is 3. The first-order valence-electron chi connectivity index (χ1n) is 5.67. The first-order chi connectivity index (χ1) is 7.86. The van der Waals surface area contributed by atoms with E-state index < -0.39 is 0 Å². The number of oxazole rings is 1. The fraction of sp³-hybridized carbons (Fsp3) is 0.417. The van der Waals surface area contributed by atoms with Crippen molar-refractivity contribution in [3.63, 3.8) is 0 Å². The van der Waals surface area contributed by atoms with Crippen LogP contribution < -0.4 is 11.1 Å². The van der Waals surface area contributed by atoms with Crippen molar-refractivity contribution in [2.24, 2.45) is 0 Å². The Kier molecular flexibility index (Phi) is 3.54. The Balaban J connectivity index is 0.00000108. The number of halogens is 1. The van der Waals surface area contributed by atoms with Crippen molar-refractivity contribution in [3.8, 4) is 0 Å². The summed E-state index contributed by atoms with van der Waals surface area (Å²) in [4.78, 5) is 11.8. The first kappa shape index (κ1) is 12.2. The summed E-state index contributed by atoms with van der Waals surface area (Å²) in [6.45, 7) is 1.94. The van der Waals surface area contributed by atoms with E-state index in [1.807, 2.05) is 24.3 Å². The third kappa shape index (κ3) is 2.10. The molecule has 0 radical (unpaired) electrons. The minimum Gasteiger partial charge on any atom is -0.408 e. The van der Waals surface area contributed by atoms with Crippen LogP contribution in [0.5, 0.6) is 0 Å². The Morgan fingerprint density at radius 2 is 1.94 bits per heavy atom. The summed E-state index contributed by atoms with van der Waals surface area (Å²) in [6, 6.07) is 7.89. The lowest BCUT2D eigenvalue weighted by molar-refractivity contribution is 0.349. The highest BCUT2D eigenvalue weighted by molar-refractivity contribution is 5.85. The Morgan fingerprint density at radius 1 is 1.24 bits per heavy atom. The summed E-state index contributed by atoms with van der Waals surface area (Å²) >= 11 is 0. The second-order valence-electron chi connectivity index (χ2n) is 4.19. The van der Waals surface area contributed by atoms with Crippen LogP contribution >= 0.6 is 12.4 Å². The zero-order chi connectivity index (χ0) is 11.0. The Morgan fingerprint density at radius 3 is 2.71 bits per heavy atom. The first-order valence-corrected chi connectivity index (χ1v) is 5.67. The quantitative estimate of drug-likeness (QED) is 0.846. The van der Waals surface area contributed by atoms with Crippen LogP contribution in [0.2, 0.25) is 0 Å². The van der Waals surface area contributed by atoms with E-state index in [9.17, 15) is 4.79 Å². The van der Waals surface area contributed by atoms with Gasteiger partial charge in [0, 0.05) is 6.04 Å². The van der Waals surface area contributed by atoms with Crippen LogP contribution in [0.25, 0.3) is 11.1 Å². The second kappa shape index (κ2) is 4.94. The zero-order valence-corrected chi connectivity index (χ0v) is 10.2. The molecule has 0 saturated carbocycles. The molecule has 3 rings (SSSR count). The highest BCUT2D eigenvalue weighted by Crippen LogP contribution is 2.22. The predicted molar refractivity (Wildman–Crippen MR) is 68.9 cm³/mol. The Bertz CT molecular complexity index is 555. The highest BCUT2D eigenvalue weighted by atomic mass is 35.5. The van der Waals surface area contributed by atoms with Crippen LogP contribution in [0, 0.1) is 0 Å². The van der Waals surface area contributed by atoms with E-state index in [4.69, 9.17) is 4.42 Å². The van der Waals surface area contributed by atoms with Crippen molar-refractivity contribution in [1.29, 1.82) is 0 Å². The van der Waals surface area contributed by atoms with Crippen LogP contribution in [0.3, 0.4) is 0 Å². The average Bonchev–Trinajstić information content (AvgIpc) is 2.66. The van der Waals surface area contributed by atoms with Crippen molar-refractivity contribution in [1.82, 2.24) is 9.88 Å². The lowest BCUT2D eigenvalue weighted by Crippen LogP contribution is -2.32. The predicted octanol–water partition coefficient (Wildman–Crippen LogP) is 1.94. The van der Waals surface area contributed by atoms with Crippen molar-refractivity contribution >= 4 is 23.5 Å². The average molecular weight is 255 g/mol. The fourth-order valence-corrected chi connectivity index (χ4v) is 2.39. The van der Waals surface area contributed by atoms with Gasteiger partial charge in [-0.25, -0.2) is 4.79 Å². The van der Waals surface area contributed by atoms with E-state index >= 15 is 0 Å². The molecular weight excluding hydrogens is 240 g/mol. The summed E-state index contributed by atoms with van der Waals surface area (Å²) in [5, 5.41) is 3.30. The Hall–Kier alpha value is -1.26. The van der Waals surface area contributed by atoms with Gasteiger partial charge in [0.1, 0.15) is 0 Å². The molecule has 2 heterocycles. The number of hydrogen-bond donors (Lipinski definition) is 1. The molecule has 5 heteroatoms. The number of piperidine rings is 1. The van der Waals surface area contributed by atoms with Gasteiger partial charge in [-0.3, -0.25) is 4.57 Å². The number of fused-ring (bicyclic) bond motifs is 1. The van der Waals surface area contributed by atoms with Crippen LogP contribution in [-0.2, 0) is 0 Å². The maximum atomic E-state index is 11.8. The Labute approximate surface area is 105 Å². The molecule has 4 nitrogen and oxygen atoms in total. The van der Waals surface area contributed by atoms with Gasteiger partial charge < -0.3 is 9.73 Å². The third-order valence-electron chi connectivity index (χ3n) is 3.19. The molecule has 1 aliphatic heterocycles. The van der Waals surface area contributed by atoms with E-state index in [-0.39, 0.29) is 24.2 Å². The van der Waals surface area contributed by atoms with Gasteiger partial charge in [-0.2, -0.15) is 0 Å². The van der Waals surface area contributed by atoms with Gasteiger partial charge >= 0.3 is 5.76 Å². The molecule has 92 valence electrons.